The van der Waals surface area contributed by atoms with Crippen molar-refractivity contribution in [1.29, 1.82) is 0 Å². The number of aliphatic hydroxyl groups excluding tert-OH is 1. The van der Waals surface area contributed by atoms with Gasteiger partial charge in [0.1, 0.15) is 11.5 Å². The highest BCUT2D eigenvalue weighted by Crippen LogP contribution is 2.41. The summed E-state index contributed by atoms with van der Waals surface area (Å²) in [6, 6.07) is 12.9. The Morgan fingerprint density at radius 2 is 1.82 bits per heavy atom. The van der Waals surface area contributed by atoms with Crippen molar-refractivity contribution >= 4 is 23.4 Å². The molecule has 0 radical (unpaired) electrons. The fraction of sp³-hybridized carbons (Fsp3) is 0.267. The van der Waals surface area contributed by atoms with Gasteiger partial charge in [0, 0.05) is 24.5 Å². The number of likely N-dealkylation sites (tertiary alicyclic amines) is 1. The molecule has 38 heavy (non-hydrogen) atoms. The molecule has 1 aromatic heterocycles. The van der Waals surface area contributed by atoms with E-state index in [0.29, 0.717) is 40.2 Å². The SMILES string of the molecule is CCCOC(=O)c1ccc(CN2C(=O)C(=O)/C(=C(/O)c3cc(C)c(OC)cc3C)C2c2cccnc2)cc1. The van der Waals surface area contributed by atoms with Gasteiger partial charge in [0.05, 0.1) is 30.9 Å². The second-order valence-electron chi connectivity index (χ2n) is 9.18. The van der Waals surface area contributed by atoms with Gasteiger partial charge < -0.3 is 19.5 Å². The van der Waals surface area contributed by atoms with Crippen LogP contribution in [0.25, 0.3) is 5.76 Å². The molecule has 8 nitrogen and oxygen atoms in total. The van der Waals surface area contributed by atoms with E-state index in [-0.39, 0.29) is 17.9 Å². The van der Waals surface area contributed by atoms with Gasteiger partial charge in [-0.25, -0.2) is 4.79 Å². The summed E-state index contributed by atoms with van der Waals surface area (Å²) in [6.45, 7) is 5.99. The molecular formula is C30H30N2O6. The molecule has 2 aromatic carbocycles. The monoisotopic (exact) mass is 514 g/mol. The van der Waals surface area contributed by atoms with Crippen molar-refractivity contribution < 1.29 is 29.0 Å². The molecule has 8 heteroatoms. The third kappa shape index (κ3) is 5.16. The van der Waals surface area contributed by atoms with Crippen LogP contribution in [-0.4, -0.2) is 46.4 Å². The lowest BCUT2D eigenvalue weighted by Gasteiger charge is -2.25. The second kappa shape index (κ2) is 11.3. The maximum absolute atomic E-state index is 13.4. The average molecular weight is 515 g/mol. The van der Waals surface area contributed by atoms with E-state index in [1.54, 1.807) is 75.0 Å². The third-order valence-corrected chi connectivity index (χ3v) is 6.52. The number of pyridine rings is 1. The smallest absolute Gasteiger partial charge is 0.338 e. The number of carbonyl (C=O) groups is 3. The topological polar surface area (TPSA) is 106 Å². The van der Waals surface area contributed by atoms with E-state index in [4.69, 9.17) is 9.47 Å². The highest BCUT2D eigenvalue weighted by Gasteiger charge is 2.46. The molecule has 1 N–H and O–H groups in total. The molecule has 1 amide bonds. The van der Waals surface area contributed by atoms with Crippen molar-refractivity contribution in [2.75, 3.05) is 13.7 Å². The Bertz CT molecular complexity index is 1400. The molecule has 1 fully saturated rings. The number of nitrogens with zero attached hydrogens (tertiary/aromatic N) is 2. The lowest BCUT2D eigenvalue weighted by atomic mass is 9.93. The molecule has 1 aliphatic heterocycles. The maximum atomic E-state index is 13.4. The van der Waals surface area contributed by atoms with E-state index >= 15 is 0 Å². The Balaban J connectivity index is 1.75. The largest absolute Gasteiger partial charge is 0.507 e. The van der Waals surface area contributed by atoms with Crippen LogP contribution >= 0.6 is 0 Å². The van der Waals surface area contributed by atoms with Crippen molar-refractivity contribution in [2.45, 2.75) is 39.8 Å². The minimum atomic E-state index is -0.847. The van der Waals surface area contributed by atoms with Crippen molar-refractivity contribution in [3.05, 3.63) is 99.9 Å². The summed E-state index contributed by atoms with van der Waals surface area (Å²) in [7, 11) is 1.57. The van der Waals surface area contributed by atoms with Crippen LogP contribution in [0.15, 0.2) is 66.5 Å². The van der Waals surface area contributed by atoms with Crippen molar-refractivity contribution in [3.8, 4) is 5.75 Å². The zero-order valence-corrected chi connectivity index (χ0v) is 21.9. The van der Waals surface area contributed by atoms with Crippen LogP contribution in [0.5, 0.6) is 5.75 Å². The predicted molar refractivity (Wildman–Crippen MR) is 142 cm³/mol. The molecule has 0 bridgehead atoms. The Hall–Kier alpha value is -4.46. The first-order valence-corrected chi connectivity index (χ1v) is 12.4. The molecule has 2 heterocycles. The van der Waals surface area contributed by atoms with Gasteiger partial charge in [-0.3, -0.25) is 14.6 Å². The van der Waals surface area contributed by atoms with Gasteiger partial charge in [0.15, 0.2) is 0 Å². The number of aryl methyl sites for hydroxylation is 2. The molecule has 1 aliphatic rings. The van der Waals surface area contributed by atoms with Crippen LogP contribution in [0.1, 0.15) is 57.6 Å². The molecule has 196 valence electrons. The predicted octanol–water partition coefficient (Wildman–Crippen LogP) is 4.90. The highest BCUT2D eigenvalue weighted by atomic mass is 16.5. The fourth-order valence-electron chi connectivity index (χ4n) is 4.56. The number of aromatic nitrogens is 1. The molecule has 0 spiro atoms. The van der Waals surface area contributed by atoms with Gasteiger partial charge in [-0.05, 0) is 72.9 Å². The van der Waals surface area contributed by atoms with Crippen molar-refractivity contribution in [1.82, 2.24) is 9.88 Å². The van der Waals surface area contributed by atoms with Crippen LogP contribution in [0, 0.1) is 13.8 Å². The number of benzene rings is 2. The summed E-state index contributed by atoms with van der Waals surface area (Å²) in [4.78, 5) is 44.4. The first kappa shape index (κ1) is 26.6. The summed E-state index contributed by atoms with van der Waals surface area (Å²) in [5.41, 5.74) is 3.63. The number of ether oxygens (including phenoxy) is 2. The lowest BCUT2D eigenvalue weighted by molar-refractivity contribution is -0.140. The normalized spacial score (nSPS) is 16.5. The van der Waals surface area contributed by atoms with Gasteiger partial charge in [0.2, 0.25) is 0 Å². The minimum Gasteiger partial charge on any atom is -0.507 e. The Labute approximate surface area is 221 Å². The summed E-state index contributed by atoms with van der Waals surface area (Å²) in [6.07, 6.45) is 3.90. The fourth-order valence-corrected chi connectivity index (χ4v) is 4.56. The molecular weight excluding hydrogens is 484 g/mol. The summed E-state index contributed by atoms with van der Waals surface area (Å²) >= 11 is 0. The average Bonchev–Trinajstić information content (AvgIpc) is 3.18. The van der Waals surface area contributed by atoms with E-state index in [1.807, 2.05) is 13.8 Å². The number of hydrogen-bond donors (Lipinski definition) is 1. The van der Waals surface area contributed by atoms with Gasteiger partial charge >= 0.3 is 5.97 Å². The first-order chi connectivity index (χ1) is 18.3. The number of rotatable bonds is 8. The standard InChI is InChI=1S/C30H30N2O6/c1-5-13-38-30(36)21-10-8-20(9-11-21)17-32-26(22-7-6-12-31-16-22)25(28(34)29(32)35)27(33)23-14-19(3)24(37-4)15-18(23)2/h6-12,14-16,26,33H,5,13,17H2,1-4H3/b27-25+. The van der Waals surface area contributed by atoms with Gasteiger partial charge in [-0.15, -0.1) is 0 Å². The van der Waals surface area contributed by atoms with Gasteiger partial charge in [-0.1, -0.05) is 25.1 Å². The zero-order chi connectivity index (χ0) is 27.4. The van der Waals surface area contributed by atoms with Gasteiger partial charge in [-0.2, -0.15) is 0 Å². The lowest BCUT2D eigenvalue weighted by Crippen LogP contribution is -2.29. The number of carbonyl (C=O) groups excluding carboxylic acids is 3. The van der Waals surface area contributed by atoms with Crippen LogP contribution in [0.4, 0.5) is 0 Å². The van der Waals surface area contributed by atoms with Crippen LogP contribution in [0.3, 0.4) is 0 Å². The Morgan fingerprint density at radius 1 is 1.08 bits per heavy atom. The van der Waals surface area contributed by atoms with Crippen molar-refractivity contribution in [3.63, 3.8) is 0 Å². The Morgan fingerprint density at radius 3 is 2.45 bits per heavy atom. The number of hydrogen-bond acceptors (Lipinski definition) is 7. The van der Waals surface area contributed by atoms with Crippen LogP contribution in [0.2, 0.25) is 0 Å². The van der Waals surface area contributed by atoms with Gasteiger partial charge in [0.25, 0.3) is 11.7 Å². The molecule has 0 saturated carbocycles. The van der Waals surface area contributed by atoms with E-state index in [0.717, 1.165) is 12.0 Å². The van der Waals surface area contributed by atoms with Crippen molar-refractivity contribution in [2.24, 2.45) is 0 Å². The second-order valence-corrected chi connectivity index (χ2v) is 9.18. The number of amides is 1. The first-order valence-electron chi connectivity index (χ1n) is 12.4. The molecule has 3 aromatic rings. The highest BCUT2D eigenvalue weighted by molar-refractivity contribution is 6.46. The molecule has 0 aliphatic carbocycles. The zero-order valence-electron chi connectivity index (χ0n) is 21.9. The Kier molecular flexibility index (Phi) is 7.90. The number of Topliss-reactive ketones (excluding diaryl/α,β-unsaturated/α-hetero) is 1. The maximum Gasteiger partial charge on any atom is 0.338 e. The molecule has 1 saturated heterocycles. The number of aliphatic hydroxyl groups is 1. The minimum absolute atomic E-state index is 0.00423. The number of methoxy groups -OCH3 is 1. The van der Waals surface area contributed by atoms with E-state index in [2.05, 4.69) is 4.98 Å². The van der Waals surface area contributed by atoms with E-state index < -0.39 is 23.7 Å². The number of esters is 1. The molecule has 4 rings (SSSR count). The summed E-state index contributed by atoms with van der Waals surface area (Å²) in [5, 5.41) is 11.4. The van der Waals surface area contributed by atoms with Crippen LogP contribution in [-0.2, 0) is 20.9 Å². The molecule has 1 atom stereocenters. The van der Waals surface area contributed by atoms with E-state index in [9.17, 15) is 19.5 Å². The summed E-state index contributed by atoms with van der Waals surface area (Å²) < 4.78 is 10.6. The summed E-state index contributed by atoms with van der Waals surface area (Å²) in [5.74, 6) is -1.51. The molecule has 1 unspecified atom stereocenters. The van der Waals surface area contributed by atoms with Crippen LogP contribution < -0.4 is 4.74 Å². The third-order valence-electron chi connectivity index (χ3n) is 6.52. The number of ketones is 1. The quantitative estimate of drug-likeness (QED) is 0.197. The van der Waals surface area contributed by atoms with E-state index in [1.165, 1.54) is 4.90 Å².